The number of likely N-dealkylation sites (N-methyl/N-ethyl adjacent to an activating group) is 1. The zero-order valence-corrected chi connectivity index (χ0v) is 16.6. The summed E-state index contributed by atoms with van der Waals surface area (Å²) in [5, 5.41) is 0. The van der Waals surface area contributed by atoms with Crippen molar-refractivity contribution < 1.29 is 8.42 Å². The van der Waals surface area contributed by atoms with Gasteiger partial charge in [-0.25, -0.2) is 13.2 Å². The van der Waals surface area contributed by atoms with Gasteiger partial charge in [0, 0.05) is 13.1 Å². The Balaban J connectivity index is 2.28. The summed E-state index contributed by atoms with van der Waals surface area (Å²) in [6.45, 7) is 0.964. The summed E-state index contributed by atoms with van der Waals surface area (Å²) < 4.78 is 28.6. The van der Waals surface area contributed by atoms with Crippen LogP contribution in [0, 0.1) is 0 Å². The van der Waals surface area contributed by atoms with E-state index in [-0.39, 0.29) is 13.6 Å². The van der Waals surface area contributed by atoms with E-state index in [2.05, 4.69) is 0 Å². The molecule has 0 N–H and O–H groups in total. The van der Waals surface area contributed by atoms with Gasteiger partial charge in [-0.1, -0.05) is 35.3 Å². The normalized spacial score (nSPS) is 12.4. The smallest absolute Gasteiger partial charge is 0.308 e. The summed E-state index contributed by atoms with van der Waals surface area (Å²) in [4.78, 5) is 14.6. The summed E-state index contributed by atoms with van der Waals surface area (Å²) in [6, 6.07) is 8.04. The highest BCUT2D eigenvalue weighted by Crippen LogP contribution is 2.35. The Bertz CT molecular complexity index is 1100. The molecule has 0 aliphatic heterocycles. The largest absolute Gasteiger partial charge is 0.343 e. The van der Waals surface area contributed by atoms with Crippen molar-refractivity contribution >= 4 is 55.6 Å². The van der Waals surface area contributed by atoms with Gasteiger partial charge in [-0.2, -0.15) is 3.97 Å². The highest BCUT2D eigenvalue weighted by molar-refractivity contribution is 7.90. The van der Waals surface area contributed by atoms with Crippen molar-refractivity contribution in [3.05, 3.63) is 49.5 Å². The highest BCUT2D eigenvalue weighted by atomic mass is 35.5. The van der Waals surface area contributed by atoms with Crippen LogP contribution in [-0.2, 0) is 16.6 Å². The van der Waals surface area contributed by atoms with Gasteiger partial charge >= 0.3 is 5.69 Å². The highest BCUT2D eigenvalue weighted by Gasteiger charge is 2.28. The Morgan fingerprint density at radius 3 is 2.36 bits per heavy atom. The number of hydrogen-bond donors (Lipinski definition) is 0. The number of fused-ring (bicyclic) bond motifs is 1. The van der Waals surface area contributed by atoms with Crippen molar-refractivity contribution in [2.24, 2.45) is 0 Å². The molecule has 0 bridgehead atoms. The maximum Gasteiger partial charge on any atom is 0.343 e. The van der Waals surface area contributed by atoms with Gasteiger partial charge in [0.05, 0.1) is 15.4 Å². The number of imidazole rings is 1. The zero-order valence-electron chi connectivity index (χ0n) is 13.4. The maximum atomic E-state index is 13.1. The van der Waals surface area contributed by atoms with Crippen LogP contribution >= 0.6 is 34.5 Å². The van der Waals surface area contributed by atoms with Crippen LogP contribution in [0.3, 0.4) is 0 Å². The Morgan fingerprint density at radius 2 is 1.80 bits per heavy atom. The monoisotopic (exact) mass is 419 g/mol. The first-order chi connectivity index (χ1) is 11.7. The summed E-state index contributed by atoms with van der Waals surface area (Å²) in [6.07, 6.45) is 0. The van der Waals surface area contributed by atoms with E-state index in [4.69, 9.17) is 23.2 Å². The van der Waals surface area contributed by atoms with Crippen LogP contribution < -0.4 is 5.69 Å². The Kier molecular flexibility index (Phi) is 5.00. The molecular weight excluding hydrogens is 405 g/mol. The molecule has 1 aromatic carbocycles. The van der Waals surface area contributed by atoms with E-state index in [9.17, 15) is 13.2 Å². The van der Waals surface area contributed by atoms with Gasteiger partial charge in [0.1, 0.15) is 9.23 Å². The molecule has 2 heterocycles. The maximum absolute atomic E-state index is 13.1. The van der Waals surface area contributed by atoms with Crippen LogP contribution in [0.5, 0.6) is 0 Å². The molecule has 134 valence electrons. The van der Waals surface area contributed by atoms with Crippen molar-refractivity contribution in [3.8, 4) is 0 Å². The van der Waals surface area contributed by atoms with E-state index in [1.165, 1.54) is 10.6 Å². The van der Waals surface area contributed by atoms with Crippen LogP contribution in [0.4, 0.5) is 0 Å². The predicted molar refractivity (Wildman–Crippen MR) is 102 cm³/mol. The second kappa shape index (κ2) is 6.77. The van der Waals surface area contributed by atoms with Crippen LogP contribution in [0.25, 0.3) is 11.0 Å². The predicted octanol–water partition coefficient (Wildman–Crippen LogP) is 2.97. The third-order valence-corrected chi connectivity index (χ3v) is 7.15. The van der Waals surface area contributed by atoms with Crippen LogP contribution in [0.15, 0.2) is 40.0 Å². The number of benzene rings is 1. The molecule has 0 saturated heterocycles. The number of para-hydroxylation sites is 2. The summed E-state index contributed by atoms with van der Waals surface area (Å²) in [5.74, 6) is 0. The number of halogens is 2. The van der Waals surface area contributed by atoms with Gasteiger partial charge in [0.2, 0.25) is 0 Å². The zero-order chi connectivity index (χ0) is 18.4. The van der Waals surface area contributed by atoms with E-state index in [1.807, 2.05) is 19.0 Å². The molecule has 0 fully saturated rings. The summed E-state index contributed by atoms with van der Waals surface area (Å²) in [7, 11) is -0.394. The topological polar surface area (TPSA) is 64.3 Å². The van der Waals surface area contributed by atoms with E-state index in [0.29, 0.717) is 24.1 Å². The molecule has 6 nitrogen and oxygen atoms in total. The molecule has 10 heteroatoms. The van der Waals surface area contributed by atoms with Crippen molar-refractivity contribution in [2.45, 2.75) is 11.4 Å². The van der Waals surface area contributed by atoms with Crippen molar-refractivity contribution in [2.75, 3.05) is 20.6 Å². The first kappa shape index (κ1) is 18.5. The average Bonchev–Trinajstić information content (AvgIpc) is 3.02. The minimum Gasteiger partial charge on any atom is -0.308 e. The van der Waals surface area contributed by atoms with Crippen LogP contribution in [0.2, 0.25) is 8.67 Å². The minimum atomic E-state index is -4.16. The fourth-order valence-electron chi connectivity index (χ4n) is 2.53. The lowest BCUT2D eigenvalue weighted by molar-refractivity contribution is 0.383. The standard InChI is InChI=1S/C15H15Cl2N3O3S2/c1-18(2)7-8-19-10-5-3-4-6-11(10)20(15(19)21)25(22,23)12-9-13(16)24-14(12)17/h3-6,9H,7-8H2,1-2H3. The van der Waals surface area contributed by atoms with Gasteiger partial charge in [-0.3, -0.25) is 4.57 Å². The molecule has 0 spiro atoms. The molecule has 3 rings (SSSR count). The lowest BCUT2D eigenvalue weighted by Gasteiger charge is -2.09. The SMILES string of the molecule is CN(C)CCn1c(=O)n(S(=O)(=O)c2cc(Cl)sc2Cl)c2ccccc21. The molecule has 0 amide bonds. The van der Waals surface area contributed by atoms with Gasteiger partial charge in [0.15, 0.2) is 0 Å². The number of thiophene rings is 1. The van der Waals surface area contributed by atoms with E-state index >= 15 is 0 Å². The number of nitrogens with zero attached hydrogens (tertiary/aromatic N) is 3. The van der Waals surface area contributed by atoms with E-state index < -0.39 is 15.7 Å². The molecule has 0 unspecified atom stereocenters. The minimum absolute atomic E-state index is 0.0297. The Labute approximate surface area is 158 Å². The van der Waals surface area contributed by atoms with E-state index in [1.54, 1.807) is 24.3 Å². The van der Waals surface area contributed by atoms with Crippen molar-refractivity contribution in [3.63, 3.8) is 0 Å². The average molecular weight is 420 g/mol. The first-order valence-corrected chi connectivity index (χ1v) is 10.3. The molecule has 0 aliphatic rings. The van der Waals surface area contributed by atoms with Crippen LogP contribution in [-0.4, -0.2) is 42.5 Å². The molecule has 0 radical (unpaired) electrons. The summed E-state index contributed by atoms with van der Waals surface area (Å²) >= 11 is 12.8. The Hall–Kier alpha value is -1.32. The molecule has 0 atom stereocenters. The van der Waals surface area contributed by atoms with Gasteiger partial charge in [-0.15, -0.1) is 11.3 Å². The van der Waals surface area contributed by atoms with E-state index in [0.717, 1.165) is 15.3 Å². The fraction of sp³-hybridized carbons (Fsp3) is 0.267. The van der Waals surface area contributed by atoms with Gasteiger partial charge in [0.25, 0.3) is 10.0 Å². The molecule has 0 saturated carbocycles. The van der Waals surface area contributed by atoms with Crippen molar-refractivity contribution in [1.82, 2.24) is 13.4 Å². The molecule has 25 heavy (non-hydrogen) atoms. The van der Waals surface area contributed by atoms with Crippen molar-refractivity contribution in [1.29, 1.82) is 0 Å². The molecule has 2 aromatic heterocycles. The number of aromatic nitrogens is 2. The second-order valence-electron chi connectivity index (χ2n) is 5.68. The first-order valence-electron chi connectivity index (χ1n) is 7.29. The lowest BCUT2D eigenvalue weighted by atomic mass is 10.3. The fourth-order valence-corrected chi connectivity index (χ4v) is 6.05. The third-order valence-electron chi connectivity index (χ3n) is 3.71. The Morgan fingerprint density at radius 1 is 1.16 bits per heavy atom. The van der Waals surface area contributed by atoms with Crippen LogP contribution in [0.1, 0.15) is 0 Å². The lowest BCUT2D eigenvalue weighted by Crippen LogP contribution is -2.31. The third kappa shape index (κ3) is 3.24. The second-order valence-corrected chi connectivity index (χ2v) is 9.72. The molecule has 0 aliphatic carbocycles. The quantitative estimate of drug-likeness (QED) is 0.637. The summed E-state index contributed by atoms with van der Waals surface area (Å²) in [5.41, 5.74) is 0.237. The number of hydrogen-bond acceptors (Lipinski definition) is 5. The number of rotatable bonds is 5. The molecule has 3 aromatic rings. The van der Waals surface area contributed by atoms with Gasteiger partial charge in [-0.05, 0) is 32.3 Å². The van der Waals surface area contributed by atoms with Gasteiger partial charge < -0.3 is 4.90 Å². The molecular formula is C15H15Cl2N3O3S2.